The number of anilines is 1. The van der Waals surface area contributed by atoms with Crippen LogP contribution in [-0.2, 0) is 0 Å². The van der Waals surface area contributed by atoms with E-state index in [1.807, 2.05) is 12.1 Å². The van der Waals surface area contributed by atoms with Crippen LogP contribution in [0.15, 0.2) is 65.3 Å². The van der Waals surface area contributed by atoms with E-state index in [4.69, 9.17) is 14.4 Å². The van der Waals surface area contributed by atoms with Crippen LogP contribution in [0.2, 0.25) is 0 Å². The van der Waals surface area contributed by atoms with E-state index in [1.165, 1.54) is 31.4 Å². The topological polar surface area (TPSA) is 55.1 Å². The fourth-order valence-corrected chi connectivity index (χ4v) is 4.93. The van der Waals surface area contributed by atoms with Gasteiger partial charge in [-0.05, 0) is 31.0 Å². The molecule has 0 aliphatic rings. The first kappa shape index (κ1) is 20.8. The van der Waals surface area contributed by atoms with Crippen molar-refractivity contribution in [3.8, 4) is 0 Å². The van der Waals surface area contributed by atoms with E-state index < -0.39 is 0 Å². The number of aromatic nitrogens is 3. The molecule has 0 amide bonds. The molecule has 5 heteroatoms. The predicted molar refractivity (Wildman–Crippen MR) is 142 cm³/mol. The number of nitrogens with zero attached hydrogens (tertiary/aromatic N) is 4. The van der Waals surface area contributed by atoms with Gasteiger partial charge in [-0.3, -0.25) is 4.98 Å². The second kappa shape index (κ2) is 8.56. The fraction of sp³-hybridized carbons (Fsp3) is 0.276. The van der Waals surface area contributed by atoms with Gasteiger partial charge in [0.25, 0.3) is 0 Å². The van der Waals surface area contributed by atoms with E-state index in [0.29, 0.717) is 0 Å². The molecule has 0 saturated heterocycles. The van der Waals surface area contributed by atoms with E-state index in [-0.39, 0.29) is 0 Å². The molecule has 0 aliphatic carbocycles. The monoisotopic (exact) mass is 448 g/mol. The molecule has 6 rings (SSSR count). The van der Waals surface area contributed by atoms with Crippen LogP contribution in [-0.4, -0.2) is 28.0 Å². The third kappa shape index (κ3) is 3.35. The van der Waals surface area contributed by atoms with Gasteiger partial charge >= 0.3 is 0 Å². The molecular formula is C29H28N4O. The third-order valence-corrected chi connectivity index (χ3v) is 6.73. The zero-order valence-electron chi connectivity index (χ0n) is 19.7. The van der Waals surface area contributed by atoms with Crippen molar-refractivity contribution in [2.75, 3.05) is 18.0 Å². The van der Waals surface area contributed by atoms with Gasteiger partial charge in [0, 0.05) is 47.2 Å². The van der Waals surface area contributed by atoms with Crippen molar-refractivity contribution in [2.45, 2.75) is 39.5 Å². The number of benzene rings is 3. The van der Waals surface area contributed by atoms with Gasteiger partial charge in [0.1, 0.15) is 22.2 Å². The minimum absolute atomic E-state index is 0.803. The maximum atomic E-state index is 6.58. The Hall–Kier alpha value is -3.73. The normalized spacial score (nSPS) is 11.9. The first-order valence-electron chi connectivity index (χ1n) is 12.3. The molecular weight excluding hydrogens is 420 g/mol. The van der Waals surface area contributed by atoms with E-state index in [2.05, 4.69) is 60.1 Å². The van der Waals surface area contributed by atoms with E-state index >= 15 is 0 Å². The van der Waals surface area contributed by atoms with E-state index in [1.54, 1.807) is 12.4 Å². The molecule has 0 spiro atoms. The number of fused-ring (bicyclic) bond motifs is 9. The molecule has 0 aliphatic heterocycles. The van der Waals surface area contributed by atoms with Crippen molar-refractivity contribution in [1.29, 1.82) is 0 Å². The average Bonchev–Trinajstić information content (AvgIpc) is 3.27. The molecule has 6 aromatic rings. The lowest BCUT2D eigenvalue weighted by Crippen LogP contribution is -2.25. The molecule has 34 heavy (non-hydrogen) atoms. The van der Waals surface area contributed by atoms with Crippen LogP contribution in [0.5, 0.6) is 0 Å². The summed E-state index contributed by atoms with van der Waals surface area (Å²) in [5.41, 5.74) is 6.43. The van der Waals surface area contributed by atoms with Gasteiger partial charge in [0.15, 0.2) is 0 Å². The summed E-state index contributed by atoms with van der Waals surface area (Å²) in [7, 11) is 0. The fourth-order valence-electron chi connectivity index (χ4n) is 4.93. The summed E-state index contributed by atoms with van der Waals surface area (Å²) in [4.78, 5) is 16.8. The van der Waals surface area contributed by atoms with E-state index in [9.17, 15) is 0 Å². The van der Waals surface area contributed by atoms with Gasteiger partial charge in [0.2, 0.25) is 0 Å². The van der Waals surface area contributed by atoms with Crippen LogP contribution in [0.3, 0.4) is 0 Å². The Morgan fingerprint density at radius 1 is 0.794 bits per heavy atom. The lowest BCUT2D eigenvalue weighted by atomic mass is 10.0. The number of pyridine rings is 1. The van der Waals surface area contributed by atoms with Gasteiger partial charge in [-0.15, -0.1) is 0 Å². The summed E-state index contributed by atoms with van der Waals surface area (Å²) >= 11 is 0. The largest absolute Gasteiger partial charge is 0.455 e. The Morgan fingerprint density at radius 2 is 1.56 bits per heavy atom. The molecule has 0 fully saturated rings. The van der Waals surface area contributed by atoms with Gasteiger partial charge in [-0.2, -0.15) is 0 Å². The number of rotatable bonds is 7. The Bertz CT molecular complexity index is 1640. The molecule has 0 N–H and O–H groups in total. The minimum Gasteiger partial charge on any atom is -0.455 e. The SMILES string of the molecule is CCCCN(CCCC)c1ccc2c(c1)oc1c3ccccc3c3nc4cnccc4nc3c21. The number of unbranched alkanes of at least 4 members (excludes halogenated alkanes) is 2. The Labute approximate surface area is 198 Å². The minimum atomic E-state index is 0.803. The molecule has 170 valence electrons. The van der Waals surface area contributed by atoms with Crippen molar-refractivity contribution >= 4 is 60.5 Å². The van der Waals surface area contributed by atoms with Crippen molar-refractivity contribution in [3.05, 3.63) is 60.9 Å². The molecule has 0 unspecified atom stereocenters. The first-order valence-corrected chi connectivity index (χ1v) is 12.3. The number of furan rings is 1. The summed E-state index contributed by atoms with van der Waals surface area (Å²) in [6.07, 6.45) is 8.30. The Kier molecular flexibility index (Phi) is 5.25. The lowest BCUT2D eigenvalue weighted by molar-refractivity contribution is 0.666. The molecule has 5 nitrogen and oxygen atoms in total. The van der Waals surface area contributed by atoms with Crippen LogP contribution >= 0.6 is 0 Å². The summed E-state index contributed by atoms with van der Waals surface area (Å²) < 4.78 is 6.58. The zero-order chi connectivity index (χ0) is 23.1. The highest BCUT2D eigenvalue weighted by molar-refractivity contribution is 6.28. The quantitative estimate of drug-likeness (QED) is 0.185. The zero-order valence-corrected chi connectivity index (χ0v) is 19.7. The van der Waals surface area contributed by atoms with Gasteiger partial charge in [-0.1, -0.05) is 51.0 Å². The Balaban J connectivity index is 1.64. The lowest BCUT2D eigenvalue weighted by Gasteiger charge is -2.24. The predicted octanol–water partition coefficient (Wildman–Crippen LogP) is 7.64. The summed E-state index contributed by atoms with van der Waals surface area (Å²) in [5.74, 6) is 0. The first-order chi connectivity index (χ1) is 16.8. The Morgan fingerprint density at radius 3 is 2.35 bits per heavy atom. The van der Waals surface area contributed by atoms with Crippen LogP contribution in [0.25, 0.3) is 54.8 Å². The third-order valence-electron chi connectivity index (χ3n) is 6.73. The molecule has 0 saturated carbocycles. The average molecular weight is 449 g/mol. The maximum Gasteiger partial charge on any atom is 0.145 e. The molecule has 0 atom stereocenters. The molecule has 3 aromatic heterocycles. The maximum absolute atomic E-state index is 6.58. The standard InChI is InChI=1S/C29H28N4O/c1-3-5-15-33(16-6-4-2)19-11-12-22-25(17-19)34-29-21-10-8-7-9-20(21)27-28(26(22)29)31-23-13-14-30-18-24(23)32-27/h7-14,17-18H,3-6,15-16H2,1-2H3. The van der Waals surface area contributed by atoms with Crippen LogP contribution in [0.1, 0.15) is 39.5 Å². The van der Waals surface area contributed by atoms with Gasteiger partial charge in [0.05, 0.1) is 22.6 Å². The molecule has 3 heterocycles. The van der Waals surface area contributed by atoms with Gasteiger partial charge < -0.3 is 9.32 Å². The second-order valence-electron chi connectivity index (χ2n) is 9.01. The molecule has 3 aromatic carbocycles. The van der Waals surface area contributed by atoms with Crippen molar-refractivity contribution < 1.29 is 4.42 Å². The highest BCUT2D eigenvalue weighted by Crippen LogP contribution is 2.40. The van der Waals surface area contributed by atoms with Crippen LogP contribution in [0, 0.1) is 0 Å². The van der Waals surface area contributed by atoms with Crippen molar-refractivity contribution in [1.82, 2.24) is 15.0 Å². The summed E-state index contributed by atoms with van der Waals surface area (Å²) in [6.45, 7) is 6.63. The smallest absolute Gasteiger partial charge is 0.145 e. The molecule has 0 radical (unpaired) electrons. The highest BCUT2D eigenvalue weighted by Gasteiger charge is 2.19. The number of hydrogen-bond acceptors (Lipinski definition) is 5. The van der Waals surface area contributed by atoms with Crippen molar-refractivity contribution in [3.63, 3.8) is 0 Å². The highest BCUT2D eigenvalue weighted by atomic mass is 16.3. The molecule has 0 bridgehead atoms. The van der Waals surface area contributed by atoms with E-state index in [0.717, 1.165) is 67.9 Å². The van der Waals surface area contributed by atoms with Crippen molar-refractivity contribution in [2.24, 2.45) is 0 Å². The second-order valence-corrected chi connectivity index (χ2v) is 9.01. The summed E-state index contributed by atoms with van der Waals surface area (Å²) in [6, 6.07) is 16.9. The van der Waals surface area contributed by atoms with Gasteiger partial charge in [-0.25, -0.2) is 9.97 Å². The van der Waals surface area contributed by atoms with Crippen LogP contribution in [0.4, 0.5) is 5.69 Å². The summed E-state index contributed by atoms with van der Waals surface area (Å²) in [5, 5.41) is 4.24. The number of hydrogen-bond donors (Lipinski definition) is 0. The van der Waals surface area contributed by atoms with Crippen LogP contribution < -0.4 is 4.90 Å².